The van der Waals surface area contributed by atoms with Crippen molar-refractivity contribution in [3.63, 3.8) is 0 Å². The van der Waals surface area contributed by atoms with Crippen LogP contribution in [-0.4, -0.2) is 22.6 Å². The van der Waals surface area contributed by atoms with Gasteiger partial charge in [0.05, 0.1) is 6.20 Å². The molecule has 1 aliphatic heterocycles. The fourth-order valence-corrected chi connectivity index (χ4v) is 5.61. The van der Waals surface area contributed by atoms with Gasteiger partial charge in [0, 0.05) is 18.2 Å². The molecule has 6 heteroatoms. The molecule has 0 unspecified atom stereocenters. The fraction of sp³-hybridized carbons (Fsp3) is 0.333. The molecule has 1 aliphatic rings. The molecule has 0 atom stereocenters. The van der Waals surface area contributed by atoms with E-state index in [1.54, 1.807) is 0 Å². The van der Waals surface area contributed by atoms with Gasteiger partial charge in [-0.1, -0.05) is 40.5 Å². The lowest BCUT2D eigenvalue weighted by Crippen LogP contribution is -2.31. The van der Waals surface area contributed by atoms with E-state index in [1.807, 2.05) is 12.3 Å². The van der Waals surface area contributed by atoms with Crippen LogP contribution in [0.4, 0.5) is 17.5 Å². The second kappa shape index (κ2) is 9.69. The molecule has 2 aromatic heterocycles. The Labute approximate surface area is 214 Å². The number of aryl methyl sites for hydroxylation is 6. The van der Waals surface area contributed by atoms with E-state index in [-0.39, 0.29) is 0 Å². The molecule has 4 aromatic rings. The van der Waals surface area contributed by atoms with Crippen molar-refractivity contribution in [3.8, 4) is 11.4 Å². The van der Waals surface area contributed by atoms with Gasteiger partial charge in [-0.3, -0.25) is 0 Å². The van der Waals surface area contributed by atoms with Gasteiger partial charge in [-0.2, -0.15) is 9.13 Å². The number of nitrogens with zero attached hydrogens (tertiary/aromatic N) is 6. The minimum atomic E-state index is 0.743. The summed E-state index contributed by atoms with van der Waals surface area (Å²) in [6.45, 7) is 15.1. The minimum Gasteiger partial charge on any atom is -0.357 e. The summed E-state index contributed by atoms with van der Waals surface area (Å²) in [6.07, 6.45) is 8.46. The molecule has 0 radical (unpaired) electrons. The third-order valence-electron chi connectivity index (χ3n) is 6.97. The van der Waals surface area contributed by atoms with Crippen molar-refractivity contribution >= 4 is 17.5 Å². The summed E-state index contributed by atoms with van der Waals surface area (Å²) in [4.78, 5) is 6.98. The number of azo groups is 1. The fourth-order valence-electron chi connectivity index (χ4n) is 5.61. The molecule has 0 N–H and O–H groups in total. The topological polar surface area (TPSA) is 49.7 Å². The first kappa shape index (κ1) is 23.9. The highest BCUT2D eigenvalue weighted by Crippen LogP contribution is 2.28. The van der Waals surface area contributed by atoms with Crippen molar-refractivity contribution in [1.29, 1.82) is 0 Å². The van der Waals surface area contributed by atoms with Gasteiger partial charge >= 0.3 is 5.95 Å². The third-order valence-corrected chi connectivity index (χ3v) is 6.97. The molecule has 0 bridgehead atoms. The molecular formula is C30H35N6+. The normalized spacial score (nSPS) is 13.8. The summed E-state index contributed by atoms with van der Waals surface area (Å²) < 4.78 is 4.30. The van der Waals surface area contributed by atoms with Crippen molar-refractivity contribution in [3.05, 3.63) is 88.4 Å². The number of hydrogen-bond donors (Lipinski definition) is 0. The van der Waals surface area contributed by atoms with Crippen LogP contribution >= 0.6 is 0 Å². The highest BCUT2D eigenvalue weighted by atomic mass is 15.3. The molecule has 0 saturated carbocycles. The van der Waals surface area contributed by atoms with Crippen LogP contribution in [0.1, 0.15) is 46.2 Å². The van der Waals surface area contributed by atoms with E-state index in [4.69, 9.17) is 5.11 Å². The quantitative estimate of drug-likeness (QED) is 0.228. The lowest BCUT2D eigenvalue weighted by atomic mass is 10.0. The maximum absolute atomic E-state index is 4.82. The molecule has 1 saturated heterocycles. The first-order chi connectivity index (χ1) is 17.3. The Morgan fingerprint density at radius 3 is 1.97 bits per heavy atom. The number of anilines is 1. The number of hydrogen-bond acceptors (Lipinski definition) is 4. The first-order valence-corrected chi connectivity index (χ1v) is 12.7. The summed E-state index contributed by atoms with van der Waals surface area (Å²) in [7, 11) is 0. The minimum absolute atomic E-state index is 0.743. The van der Waals surface area contributed by atoms with Gasteiger partial charge in [0.15, 0.2) is 0 Å². The molecule has 36 heavy (non-hydrogen) atoms. The molecule has 0 amide bonds. The van der Waals surface area contributed by atoms with Gasteiger partial charge < -0.3 is 4.90 Å². The van der Waals surface area contributed by atoms with Crippen LogP contribution in [0, 0.1) is 41.5 Å². The predicted molar refractivity (Wildman–Crippen MR) is 146 cm³/mol. The lowest BCUT2D eigenvalue weighted by molar-refractivity contribution is -0.581. The van der Waals surface area contributed by atoms with E-state index in [0.717, 1.165) is 41.9 Å². The summed E-state index contributed by atoms with van der Waals surface area (Å²) in [5.41, 5.74) is 10.4. The molecule has 6 nitrogen and oxygen atoms in total. The number of imidazole rings is 1. The zero-order valence-electron chi connectivity index (χ0n) is 22.2. The van der Waals surface area contributed by atoms with Crippen molar-refractivity contribution in [2.45, 2.75) is 54.4 Å². The number of benzene rings is 2. The van der Waals surface area contributed by atoms with Gasteiger partial charge in [0.1, 0.15) is 35.3 Å². The van der Waals surface area contributed by atoms with Crippen LogP contribution < -0.4 is 9.47 Å². The number of aromatic nitrogens is 3. The highest BCUT2D eigenvalue weighted by Gasteiger charge is 2.25. The number of rotatable bonds is 5. The van der Waals surface area contributed by atoms with Gasteiger partial charge in [-0.05, 0) is 88.8 Å². The van der Waals surface area contributed by atoms with E-state index in [0.29, 0.717) is 0 Å². The molecule has 1 fully saturated rings. The summed E-state index contributed by atoms with van der Waals surface area (Å²) in [5.74, 6) is 1.77. The Morgan fingerprint density at radius 1 is 0.778 bits per heavy atom. The predicted octanol–water partition coefficient (Wildman–Crippen LogP) is 7.02. The van der Waals surface area contributed by atoms with Crippen LogP contribution in [0.2, 0.25) is 0 Å². The lowest BCUT2D eigenvalue weighted by Gasteiger charge is -2.15. The molecule has 3 heterocycles. The average Bonchev–Trinajstić information content (AvgIpc) is 3.48. The Kier molecular flexibility index (Phi) is 6.44. The van der Waals surface area contributed by atoms with Crippen molar-refractivity contribution in [2.24, 2.45) is 10.2 Å². The Morgan fingerprint density at radius 2 is 1.39 bits per heavy atom. The van der Waals surface area contributed by atoms with Gasteiger partial charge in [-0.15, -0.1) is 0 Å². The molecular weight excluding hydrogens is 444 g/mol. The monoisotopic (exact) mass is 479 g/mol. The van der Waals surface area contributed by atoms with Crippen LogP contribution in [-0.2, 0) is 0 Å². The maximum atomic E-state index is 4.82. The van der Waals surface area contributed by atoms with Gasteiger partial charge in [0.2, 0.25) is 0 Å². The van der Waals surface area contributed by atoms with Crippen LogP contribution in [0.15, 0.2) is 65.2 Å². The third kappa shape index (κ3) is 4.55. The summed E-state index contributed by atoms with van der Waals surface area (Å²) in [5, 5.41) is 9.47. The Bertz CT molecular complexity index is 1320. The van der Waals surface area contributed by atoms with E-state index in [2.05, 4.69) is 108 Å². The maximum Gasteiger partial charge on any atom is 0.431 e. The van der Waals surface area contributed by atoms with E-state index in [1.165, 1.54) is 46.2 Å². The summed E-state index contributed by atoms with van der Waals surface area (Å²) in [6, 6.07) is 12.9. The average molecular weight is 480 g/mol. The number of pyridine rings is 1. The van der Waals surface area contributed by atoms with Crippen LogP contribution in [0.25, 0.3) is 11.4 Å². The van der Waals surface area contributed by atoms with Crippen LogP contribution in [0.3, 0.4) is 0 Å². The zero-order valence-corrected chi connectivity index (χ0v) is 22.2. The first-order valence-electron chi connectivity index (χ1n) is 12.7. The van der Waals surface area contributed by atoms with Gasteiger partial charge in [-0.25, -0.2) is 4.98 Å². The van der Waals surface area contributed by atoms with Crippen molar-refractivity contribution in [2.75, 3.05) is 18.0 Å². The van der Waals surface area contributed by atoms with Crippen LogP contribution in [0.5, 0.6) is 0 Å². The molecule has 5 rings (SSSR count). The second-order valence-corrected chi connectivity index (χ2v) is 10.1. The second-order valence-electron chi connectivity index (χ2n) is 10.1. The van der Waals surface area contributed by atoms with Crippen molar-refractivity contribution < 1.29 is 4.57 Å². The molecule has 184 valence electrons. The smallest absolute Gasteiger partial charge is 0.357 e. The largest absolute Gasteiger partial charge is 0.431 e. The van der Waals surface area contributed by atoms with Crippen molar-refractivity contribution in [1.82, 2.24) is 9.55 Å². The molecule has 2 aromatic carbocycles. The Balaban J connectivity index is 1.62. The van der Waals surface area contributed by atoms with Gasteiger partial charge in [0.25, 0.3) is 0 Å². The molecule has 0 spiro atoms. The zero-order chi connectivity index (χ0) is 25.4. The SMILES string of the molecule is Cc1cc(C)c(-n2cc[n+](-c3c(C)cc(C)cc3C)c2/N=N/c2ccc(N3CCCC3)nc2)c(C)c1. The standard InChI is InChI=1S/C30H35N6/c1-20-15-22(3)28(23(4)16-20)35-13-14-36(29-24(5)17-21(2)18-25(29)6)30(35)33-32-26-9-10-27(31-19-26)34-11-7-8-12-34/h9-10,13-19H,7-8,11-12H2,1-6H3/q+1. The van der Waals surface area contributed by atoms with E-state index in [9.17, 15) is 0 Å². The Hall–Kier alpha value is -3.80. The van der Waals surface area contributed by atoms with E-state index >= 15 is 0 Å². The van der Waals surface area contributed by atoms with E-state index < -0.39 is 0 Å². The molecule has 0 aliphatic carbocycles. The summed E-state index contributed by atoms with van der Waals surface area (Å²) >= 11 is 0. The highest BCUT2D eigenvalue weighted by molar-refractivity contribution is 5.53.